The number of carbonyl (C=O) groups excluding carboxylic acids is 1. The van der Waals surface area contributed by atoms with Crippen LogP contribution in [0.15, 0.2) is 18.2 Å². The van der Waals surface area contributed by atoms with Crippen molar-refractivity contribution in [2.45, 2.75) is 18.9 Å². The number of amides is 1. The second-order valence-electron chi connectivity index (χ2n) is 4.01. The first-order chi connectivity index (χ1) is 8.58. The summed E-state index contributed by atoms with van der Waals surface area (Å²) in [6.45, 7) is 0.554. The van der Waals surface area contributed by atoms with Crippen LogP contribution in [0.4, 0.5) is 5.69 Å². The van der Waals surface area contributed by atoms with E-state index in [4.69, 9.17) is 9.84 Å². The Labute approximate surface area is 103 Å². The van der Waals surface area contributed by atoms with E-state index in [1.807, 2.05) is 0 Å². The van der Waals surface area contributed by atoms with Crippen molar-refractivity contribution in [2.75, 3.05) is 11.9 Å². The number of carboxylic acids is 1. The van der Waals surface area contributed by atoms with Gasteiger partial charge in [0.25, 0.3) is 5.91 Å². The molecule has 1 amide bonds. The molecule has 0 radical (unpaired) electrons. The molecule has 6 heteroatoms. The number of aromatic carboxylic acids is 1. The molecule has 6 nitrogen and oxygen atoms in total. The Balaban J connectivity index is 2.11. The smallest absolute Gasteiger partial charge is 0.335 e. The summed E-state index contributed by atoms with van der Waals surface area (Å²) in [6.07, 6.45) is 0.986. The molecule has 1 aliphatic rings. The summed E-state index contributed by atoms with van der Waals surface area (Å²) in [4.78, 5) is 22.5. The Morgan fingerprint density at radius 1 is 1.44 bits per heavy atom. The van der Waals surface area contributed by atoms with Gasteiger partial charge in [-0.25, -0.2) is 4.79 Å². The van der Waals surface area contributed by atoms with Crippen LogP contribution in [-0.4, -0.2) is 29.7 Å². The second-order valence-corrected chi connectivity index (χ2v) is 4.01. The molecule has 18 heavy (non-hydrogen) atoms. The lowest BCUT2D eigenvalue weighted by Crippen LogP contribution is -2.27. The minimum Gasteiger partial charge on any atom is -0.872 e. The number of rotatable bonds is 3. The number of hydrogen-bond donors (Lipinski definition) is 2. The van der Waals surface area contributed by atoms with Gasteiger partial charge in [0.2, 0.25) is 0 Å². The molecule has 1 aromatic rings. The number of carboxylic acid groups (broad SMARTS) is 1. The number of anilines is 1. The predicted octanol–water partition coefficient (Wildman–Crippen LogP) is 0.576. The van der Waals surface area contributed by atoms with Gasteiger partial charge in [0.15, 0.2) is 0 Å². The maximum atomic E-state index is 11.7. The Hall–Kier alpha value is -2.08. The molecule has 2 rings (SSSR count). The fourth-order valence-electron chi connectivity index (χ4n) is 1.78. The number of carbonyl (C=O) groups is 2. The van der Waals surface area contributed by atoms with E-state index in [1.165, 1.54) is 6.07 Å². The molecule has 0 aromatic heterocycles. The van der Waals surface area contributed by atoms with Crippen molar-refractivity contribution in [3.63, 3.8) is 0 Å². The van der Waals surface area contributed by atoms with E-state index in [9.17, 15) is 14.7 Å². The number of hydrogen-bond acceptors (Lipinski definition) is 4. The van der Waals surface area contributed by atoms with Crippen LogP contribution in [0.25, 0.3) is 0 Å². The number of ether oxygens (including phenoxy) is 1. The molecule has 1 heterocycles. The average molecular weight is 250 g/mol. The standard InChI is InChI=1S/C12H13NO5/c14-9-4-3-7(6-8(9)12(16)17)13-11(15)10-2-1-5-18-10/h3-4,6,10,14H,1-2,5H2,(H,13,15)(H,16,17)/p-1/t10-/m1/s1. The summed E-state index contributed by atoms with van der Waals surface area (Å²) < 4.78 is 5.20. The Bertz CT molecular complexity index is 479. The molecule has 1 aromatic carbocycles. The van der Waals surface area contributed by atoms with Gasteiger partial charge in [-0.05, 0) is 25.0 Å². The van der Waals surface area contributed by atoms with Gasteiger partial charge in [0.1, 0.15) is 6.10 Å². The Morgan fingerprint density at radius 2 is 2.22 bits per heavy atom. The molecule has 1 fully saturated rings. The summed E-state index contributed by atoms with van der Waals surface area (Å²) in [6, 6.07) is 3.65. The van der Waals surface area contributed by atoms with Crippen molar-refractivity contribution in [1.29, 1.82) is 0 Å². The molecule has 0 aliphatic carbocycles. The topological polar surface area (TPSA) is 98.7 Å². The first-order valence-electron chi connectivity index (χ1n) is 5.55. The average Bonchev–Trinajstić information content (AvgIpc) is 2.85. The summed E-state index contributed by atoms with van der Waals surface area (Å²) in [5, 5.41) is 22.6. The molecule has 0 spiro atoms. The van der Waals surface area contributed by atoms with Gasteiger partial charge in [-0.15, -0.1) is 0 Å². The zero-order valence-electron chi connectivity index (χ0n) is 9.51. The Kier molecular flexibility index (Phi) is 3.47. The molecule has 2 N–H and O–H groups in total. The summed E-state index contributed by atoms with van der Waals surface area (Å²) >= 11 is 0. The van der Waals surface area contributed by atoms with Gasteiger partial charge >= 0.3 is 5.97 Å². The molecule has 0 unspecified atom stereocenters. The van der Waals surface area contributed by atoms with E-state index >= 15 is 0 Å². The van der Waals surface area contributed by atoms with Gasteiger partial charge in [-0.2, -0.15) is 0 Å². The van der Waals surface area contributed by atoms with Gasteiger partial charge in [-0.3, -0.25) is 4.79 Å². The third-order valence-electron chi connectivity index (χ3n) is 2.70. The van der Waals surface area contributed by atoms with Gasteiger partial charge < -0.3 is 20.3 Å². The fraction of sp³-hybridized carbons (Fsp3) is 0.333. The lowest BCUT2D eigenvalue weighted by atomic mass is 10.1. The SMILES string of the molecule is O=C(O)c1cc(NC(=O)[C@H]2CCCO2)ccc1[O-]. The molecule has 0 bridgehead atoms. The third-order valence-corrected chi connectivity index (χ3v) is 2.70. The van der Waals surface area contributed by atoms with Crippen LogP contribution in [0.3, 0.4) is 0 Å². The Morgan fingerprint density at radius 3 is 2.83 bits per heavy atom. The normalized spacial score (nSPS) is 18.6. The van der Waals surface area contributed by atoms with Crippen LogP contribution in [-0.2, 0) is 9.53 Å². The maximum Gasteiger partial charge on any atom is 0.335 e. The highest BCUT2D eigenvalue weighted by molar-refractivity contribution is 5.97. The summed E-state index contributed by atoms with van der Waals surface area (Å²) in [5.74, 6) is -2.21. The number of nitrogens with one attached hydrogen (secondary N) is 1. The maximum absolute atomic E-state index is 11.7. The zero-order valence-corrected chi connectivity index (χ0v) is 9.51. The molecular weight excluding hydrogens is 238 g/mol. The van der Waals surface area contributed by atoms with Crippen molar-refractivity contribution < 1.29 is 24.5 Å². The van der Waals surface area contributed by atoms with E-state index in [0.717, 1.165) is 18.6 Å². The van der Waals surface area contributed by atoms with Crippen LogP contribution < -0.4 is 10.4 Å². The lowest BCUT2D eigenvalue weighted by molar-refractivity contribution is -0.268. The highest BCUT2D eigenvalue weighted by Gasteiger charge is 2.23. The van der Waals surface area contributed by atoms with Crippen molar-refractivity contribution in [3.8, 4) is 5.75 Å². The molecule has 1 atom stereocenters. The second kappa shape index (κ2) is 5.05. The summed E-state index contributed by atoms with van der Waals surface area (Å²) in [7, 11) is 0. The van der Waals surface area contributed by atoms with E-state index in [2.05, 4.69) is 5.32 Å². The van der Waals surface area contributed by atoms with E-state index < -0.39 is 17.8 Å². The van der Waals surface area contributed by atoms with Gasteiger partial charge in [0.05, 0.1) is 5.56 Å². The summed E-state index contributed by atoms with van der Waals surface area (Å²) in [5.41, 5.74) is -0.0763. The van der Waals surface area contributed by atoms with Crippen LogP contribution in [0.1, 0.15) is 23.2 Å². The van der Waals surface area contributed by atoms with Crippen LogP contribution in [0.5, 0.6) is 5.75 Å². The minimum atomic E-state index is -1.31. The highest BCUT2D eigenvalue weighted by atomic mass is 16.5. The monoisotopic (exact) mass is 250 g/mol. The van der Waals surface area contributed by atoms with Crippen LogP contribution in [0, 0.1) is 0 Å². The van der Waals surface area contributed by atoms with E-state index in [0.29, 0.717) is 13.0 Å². The molecule has 0 saturated carbocycles. The van der Waals surface area contributed by atoms with Crippen LogP contribution >= 0.6 is 0 Å². The van der Waals surface area contributed by atoms with Gasteiger partial charge in [0, 0.05) is 12.3 Å². The molecule has 1 aliphatic heterocycles. The molecular formula is C12H12NO5-. The zero-order chi connectivity index (χ0) is 13.1. The van der Waals surface area contributed by atoms with Crippen LogP contribution in [0.2, 0.25) is 0 Å². The van der Waals surface area contributed by atoms with E-state index in [1.54, 1.807) is 0 Å². The van der Waals surface area contributed by atoms with Crippen molar-refractivity contribution in [2.24, 2.45) is 0 Å². The fourth-order valence-corrected chi connectivity index (χ4v) is 1.78. The van der Waals surface area contributed by atoms with Gasteiger partial charge in [-0.1, -0.05) is 11.8 Å². The largest absolute Gasteiger partial charge is 0.872 e. The first kappa shape index (κ1) is 12.4. The minimum absolute atomic E-state index is 0.285. The van der Waals surface area contributed by atoms with Crippen molar-refractivity contribution in [3.05, 3.63) is 23.8 Å². The first-order valence-corrected chi connectivity index (χ1v) is 5.55. The van der Waals surface area contributed by atoms with Crippen molar-refractivity contribution in [1.82, 2.24) is 0 Å². The quantitative estimate of drug-likeness (QED) is 0.817. The number of benzene rings is 1. The van der Waals surface area contributed by atoms with E-state index in [-0.39, 0.29) is 17.2 Å². The lowest BCUT2D eigenvalue weighted by Gasteiger charge is -2.14. The third kappa shape index (κ3) is 2.60. The molecule has 96 valence electrons. The highest BCUT2D eigenvalue weighted by Crippen LogP contribution is 2.20. The molecule has 1 saturated heterocycles. The predicted molar refractivity (Wildman–Crippen MR) is 60.5 cm³/mol. The van der Waals surface area contributed by atoms with Crippen molar-refractivity contribution >= 4 is 17.6 Å².